The number of ether oxygens (including phenoxy) is 1. The molecule has 3 aromatic carbocycles. The molecule has 0 spiro atoms. The van der Waals surface area contributed by atoms with E-state index in [1.807, 2.05) is 84.4 Å². The maximum atomic E-state index is 12.1. The van der Waals surface area contributed by atoms with Crippen molar-refractivity contribution in [3.05, 3.63) is 102 Å². The SMILES string of the molecule is CCOC(=O)/C=C/c1nn(-c2ccccc2)c(-c2ccc(C)cc2)c1-c1ccccc1C=O. The summed E-state index contributed by atoms with van der Waals surface area (Å²) in [6, 6.07) is 25.3. The fourth-order valence-electron chi connectivity index (χ4n) is 3.72. The van der Waals surface area contributed by atoms with Crippen LogP contribution >= 0.6 is 0 Å². The number of aromatic nitrogens is 2. The van der Waals surface area contributed by atoms with Crippen LogP contribution in [-0.2, 0) is 9.53 Å². The van der Waals surface area contributed by atoms with Crippen LogP contribution in [0.5, 0.6) is 0 Å². The highest BCUT2D eigenvalue weighted by Gasteiger charge is 2.22. The summed E-state index contributed by atoms with van der Waals surface area (Å²) < 4.78 is 6.91. The first-order valence-electron chi connectivity index (χ1n) is 10.8. The molecule has 5 heteroatoms. The van der Waals surface area contributed by atoms with Crippen molar-refractivity contribution in [2.75, 3.05) is 6.61 Å². The third kappa shape index (κ3) is 4.67. The lowest BCUT2D eigenvalue weighted by atomic mass is 9.94. The van der Waals surface area contributed by atoms with Crippen LogP contribution in [0.2, 0.25) is 0 Å². The molecule has 0 bridgehead atoms. The highest BCUT2D eigenvalue weighted by Crippen LogP contribution is 2.38. The van der Waals surface area contributed by atoms with E-state index in [1.165, 1.54) is 6.08 Å². The Morgan fingerprint density at radius 2 is 1.67 bits per heavy atom. The van der Waals surface area contributed by atoms with Crippen LogP contribution in [0.1, 0.15) is 28.5 Å². The van der Waals surface area contributed by atoms with Gasteiger partial charge in [0.15, 0.2) is 6.29 Å². The number of rotatable bonds is 7. The van der Waals surface area contributed by atoms with Gasteiger partial charge in [-0.05, 0) is 37.6 Å². The average Bonchev–Trinajstić information content (AvgIpc) is 3.23. The summed E-state index contributed by atoms with van der Waals surface area (Å²) in [6.07, 6.45) is 3.85. The Hall–Kier alpha value is -4.25. The largest absolute Gasteiger partial charge is 0.463 e. The van der Waals surface area contributed by atoms with Crippen molar-refractivity contribution in [1.29, 1.82) is 0 Å². The molecule has 0 saturated heterocycles. The van der Waals surface area contributed by atoms with E-state index in [0.29, 0.717) is 11.3 Å². The van der Waals surface area contributed by atoms with Gasteiger partial charge >= 0.3 is 5.97 Å². The summed E-state index contributed by atoms with van der Waals surface area (Å²) in [7, 11) is 0. The van der Waals surface area contributed by atoms with Gasteiger partial charge in [0, 0.05) is 22.8 Å². The van der Waals surface area contributed by atoms with Gasteiger partial charge < -0.3 is 4.74 Å². The van der Waals surface area contributed by atoms with Crippen LogP contribution in [0.3, 0.4) is 0 Å². The van der Waals surface area contributed by atoms with E-state index in [4.69, 9.17) is 9.84 Å². The lowest BCUT2D eigenvalue weighted by Crippen LogP contribution is -2.00. The molecule has 0 atom stereocenters. The maximum Gasteiger partial charge on any atom is 0.330 e. The number of aryl methyl sites for hydroxylation is 1. The molecule has 0 aliphatic rings. The van der Waals surface area contributed by atoms with Crippen LogP contribution < -0.4 is 0 Å². The topological polar surface area (TPSA) is 61.2 Å². The first-order valence-corrected chi connectivity index (χ1v) is 10.8. The zero-order chi connectivity index (χ0) is 23.2. The van der Waals surface area contributed by atoms with Crippen molar-refractivity contribution in [3.63, 3.8) is 0 Å². The minimum absolute atomic E-state index is 0.289. The number of benzene rings is 3. The van der Waals surface area contributed by atoms with Gasteiger partial charge in [-0.15, -0.1) is 0 Å². The van der Waals surface area contributed by atoms with Crippen LogP contribution in [-0.4, -0.2) is 28.6 Å². The molecule has 0 N–H and O–H groups in total. The molecule has 4 rings (SSSR count). The Morgan fingerprint density at radius 3 is 2.36 bits per heavy atom. The van der Waals surface area contributed by atoms with Crippen LogP contribution in [0.25, 0.3) is 34.1 Å². The highest BCUT2D eigenvalue weighted by molar-refractivity contribution is 5.97. The summed E-state index contributed by atoms with van der Waals surface area (Å²) >= 11 is 0. The molecule has 0 amide bonds. The third-order valence-electron chi connectivity index (χ3n) is 5.26. The van der Waals surface area contributed by atoms with Crippen molar-refractivity contribution in [2.45, 2.75) is 13.8 Å². The summed E-state index contributed by atoms with van der Waals surface area (Å²) in [5, 5.41) is 4.87. The van der Waals surface area contributed by atoms with E-state index >= 15 is 0 Å². The number of nitrogens with zero attached hydrogens (tertiary/aromatic N) is 2. The van der Waals surface area contributed by atoms with Gasteiger partial charge in [-0.25, -0.2) is 9.48 Å². The molecule has 5 nitrogen and oxygen atoms in total. The van der Waals surface area contributed by atoms with Crippen LogP contribution in [0.15, 0.2) is 84.9 Å². The molecule has 1 heterocycles. The summed E-state index contributed by atoms with van der Waals surface area (Å²) in [6.45, 7) is 4.09. The zero-order valence-corrected chi connectivity index (χ0v) is 18.6. The second-order valence-corrected chi connectivity index (χ2v) is 7.51. The monoisotopic (exact) mass is 436 g/mol. The average molecular weight is 437 g/mol. The Bertz CT molecular complexity index is 1300. The zero-order valence-electron chi connectivity index (χ0n) is 18.6. The number of carbonyl (C=O) groups is 2. The molecular weight excluding hydrogens is 412 g/mol. The third-order valence-corrected chi connectivity index (χ3v) is 5.26. The molecule has 0 unspecified atom stereocenters. The molecule has 0 aliphatic heterocycles. The van der Waals surface area contributed by atoms with E-state index in [0.717, 1.165) is 39.9 Å². The van der Waals surface area contributed by atoms with Gasteiger partial charge in [0.05, 0.1) is 23.7 Å². The number of esters is 1. The lowest BCUT2D eigenvalue weighted by Gasteiger charge is -2.12. The molecule has 164 valence electrons. The fraction of sp³-hybridized carbons (Fsp3) is 0.107. The summed E-state index contributed by atoms with van der Waals surface area (Å²) in [4.78, 5) is 24.0. The van der Waals surface area contributed by atoms with Crippen molar-refractivity contribution in [3.8, 4) is 28.1 Å². The first-order chi connectivity index (χ1) is 16.1. The lowest BCUT2D eigenvalue weighted by molar-refractivity contribution is -0.137. The molecule has 1 aromatic heterocycles. The quantitative estimate of drug-likeness (QED) is 0.205. The van der Waals surface area contributed by atoms with Gasteiger partial charge in [-0.1, -0.05) is 72.3 Å². The van der Waals surface area contributed by atoms with Crippen molar-refractivity contribution >= 4 is 18.3 Å². The number of hydrogen-bond donors (Lipinski definition) is 0. The molecule has 0 aliphatic carbocycles. The Kier molecular flexibility index (Phi) is 6.60. The van der Waals surface area contributed by atoms with E-state index in [1.54, 1.807) is 19.1 Å². The van der Waals surface area contributed by atoms with Gasteiger partial charge in [-0.3, -0.25) is 4.79 Å². The van der Waals surface area contributed by atoms with Crippen LogP contribution in [0.4, 0.5) is 0 Å². The van der Waals surface area contributed by atoms with E-state index in [9.17, 15) is 9.59 Å². The Morgan fingerprint density at radius 1 is 0.970 bits per heavy atom. The fourth-order valence-corrected chi connectivity index (χ4v) is 3.72. The van der Waals surface area contributed by atoms with Gasteiger partial charge in [-0.2, -0.15) is 5.10 Å². The number of para-hydroxylation sites is 1. The maximum absolute atomic E-state index is 12.1. The second-order valence-electron chi connectivity index (χ2n) is 7.51. The van der Waals surface area contributed by atoms with E-state index in [2.05, 4.69) is 0 Å². The number of hydrogen-bond acceptors (Lipinski definition) is 4. The van der Waals surface area contributed by atoms with Gasteiger partial charge in [0.25, 0.3) is 0 Å². The predicted octanol–water partition coefficient (Wildman–Crippen LogP) is 5.90. The number of carbonyl (C=O) groups excluding carboxylic acids is 2. The standard InChI is InChI=1S/C28H24N2O3/c1-3-33-26(32)18-17-25-27(24-12-8-7-9-22(24)19-31)28(21-15-13-20(2)14-16-21)30(29-25)23-10-5-4-6-11-23/h4-19H,3H2,1-2H3/b18-17+. The minimum Gasteiger partial charge on any atom is -0.463 e. The van der Waals surface area contributed by atoms with E-state index < -0.39 is 5.97 Å². The molecule has 4 aromatic rings. The van der Waals surface area contributed by atoms with Crippen molar-refractivity contribution < 1.29 is 14.3 Å². The predicted molar refractivity (Wildman–Crippen MR) is 130 cm³/mol. The first kappa shape index (κ1) is 22.0. The normalized spacial score (nSPS) is 11.0. The van der Waals surface area contributed by atoms with Gasteiger partial charge in [0.1, 0.15) is 0 Å². The minimum atomic E-state index is -0.446. The summed E-state index contributed by atoms with van der Waals surface area (Å²) in [5.74, 6) is -0.446. The van der Waals surface area contributed by atoms with Gasteiger partial charge in [0.2, 0.25) is 0 Å². The molecule has 0 saturated carbocycles. The smallest absolute Gasteiger partial charge is 0.330 e. The number of aldehydes is 1. The molecular formula is C28H24N2O3. The van der Waals surface area contributed by atoms with Crippen molar-refractivity contribution in [2.24, 2.45) is 0 Å². The highest BCUT2D eigenvalue weighted by atomic mass is 16.5. The Labute approximate surface area is 193 Å². The summed E-state index contributed by atoms with van der Waals surface area (Å²) in [5.41, 5.74) is 6.42. The molecule has 0 radical (unpaired) electrons. The Balaban J connectivity index is 2.05. The van der Waals surface area contributed by atoms with Crippen LogP contribution in [0, 0.1) is 6.92 Å². The molecule has 0 fully saturated rings. The second kappa shape index (κ2) is 9.92. The molecule has 33 heavy (non-hydrogen) atoms. The van der Waals surface area contributed by atoms with E-state index in [-0.39, 0.29) is 6.61 Å². The van der Waals surface area contributed by atoms with Crippen molar-refractivity contribution in [1.82, 2.24) is 9.78 Å².